The number of rotatable bonds is 5. The summed E-state index contributed by atoms with van der Waals surface area (Å²) in [5.74, 6) is -3.84. The van der Waals surface area contributed by atoms with E-state index in [4.69, 9.17) is 0 Å². The smallest absolute Gasteiger partial charge is 0.336 e. The molecule has 0 heterocycles. The second-order valence-corrected chi connectivity index (χ2v) is 5.81. The van der Waals surface area contributed by atoms with Crippen LogP contribution >= 0.6 is 0 Å². The summed E-state index contributed by atoms with van der Waals surface area (Å²) >= 11 is 0. The Hall–Kier alpha value is -3.93. The van der Waals surface area contributed by atoms with Crippen molar-refractivity contribution in [3.05, 3.63) is 83.4 Å². The third-order valence-corrected chi connectivity index (χ3v) is 4.12. The number of aromatic carboxylic acids is 3. The summed E-state index contributed by atoms with van der Waals surface area (Å²) in [5.41, 5.74) is 1.45. The Bertz CT molecular complexity index is 1050. The minimum Gasteiger partial charge on any atom is -0.478 e. The fourth-order valence-electron chi connectivity index (χ4n) is 2.87. The quantitative estimate of drug-likeness (QED) is 0.629. The number of carbonyl (C=O) groups is 3. The molecule has 0 spiro atoms. The van der Waals surface area contributed by atoms with Gasteiger partial charge in [-0.05, 0) is 46.5 Å². The van der Waals surface area contributed by atoms with Gasteiger partial charge in [0, 0.05) is 0 Å². The van der Waals surface area contributed by atoms with E-state index in [0.29, 0.717) is 22.3 Å². The molecule has 0 aromatic heterocycles. The van der Waals surface area contributed by atoms with Crippen LogP contribution in [0, 0.1) is 0 Å². The van der Waals surface area contributed by atoms with Crippen molar-refractivity contribution >= 4 is 17.9 Å². The van der Waals surface area contributed by atoms with Crippen molar-refractivity contribution < 1.29 is 29.7 Å². The molecule has 0 unspecified atom stereocenters. The van der Waals surface area contributed by atoms with Gasteiger partial charge in [-0.1, -0.05) is 42.5 Å². The fraction of sp³-hybridized carbons (Fsp3) is 0. The van der Waals surface area contributed by atoms with Gasteiger partial charge in [-0.15, -0.1) is 0 Å². The van der Waals surface area contributed by atoms with Gasteiger partial charge >= 0.3 is 17.9 Å². The molecule has 0 bridgehead atoms. The van der Waals surface area contributed by atoms with Gasteiger partial charge in [0.15, 0.2) is 0 Å². The topological polar surface area (TPSA) is 112 Å². The van der Waals surface area contributed by atoms with E-state index in [0.717, 1.165) is 0 Å². The van der Waals surface area contributed by atoms with Crippen LogP contribution in [0.3, 0.4) is 0 Å². The third-order valence-electron chi connectivity index (χ3n) is 4.12. The molecule has 0 radical (unpaired) electrons. The standard InChI is InChI=1S/C21H14O6/c22-19(23)14-8-4-7-13(9-14)16-11-18(21(26)27)17(20(24)25)10-15(16)12-5-2-1-3-6-12/h1-11H,(H,22,23)(H,24,25)(H,26,27). The molecule has 0 aliphatic carbocycles. The Kier molecular flexibility index (Phi) is 4.72. The molecular formula is C21H14O6. The van der Waals surface area contributed by atoms with Gasteiger partial charge in [0.1, 0.15) is 0 Å². The predicted molar refractivity (Wildman–Crippen MR) is 98.2 cm³/mol. The number of hydrogen-bond donors (Lipinski definition) is 3. The van der Waals surface area contributed by atoms with Crippen LogP contribution in [0.15, 0.2) is 66.7 Å². The highest BCUT2D eigenvalue weighted by atomic mass is 16.4. The van der Waals surface area contributed by atoms with E-state index in [9.17, 15) is 29.7 Å². The van der Waals surface area contributed by atoms with Crippen molar-refractivity contribution in [3.8, 4) is 22.3 Å². The molecule has 0 fully saturated rings. The van der Waals surface area contributed by atoms with Gasteiger partial charge in [0.05, 0.1) is 16.7 Å². The molecule has 0 amide bonds. The van der Waals surface area contributed by atoms with Crippen molar-refractivity contribution in [3.63, 3.8) is 0 Å². The molecule has 3 N–H and O–H groups in total. The maximum atomic E-state index is 11.6. The lowest BCUT2D eigenvalue weighted by Crippen LogP contribution is -2.09. The molecule has 3 rings (SSSR count). The Balaban J connectivity index is 2.36. The maximum Gasteiger partial charge on any atom is 0.336 e. The first-order chi connectivity index (χ1) is 12.9. The lowest BCUT2D eigenvalue weighted by Gasteiger charge is -2.14. The highest BCUT2D eigenvalue weighted by Gasteiger charge is 2.21. The Morgan fingerprint density at radius 3 is 1.59 bits per heavy atom. The van der Waals surface area contributed by atoms with Crippen molar-refractivity contribution in [2.24, 2.45) is 0 Å². The average molecular weight is 362 g/mol. The Morgan fingerprint density at radius 2 is 1.07 bits per heavy atom. The molecule has 0 saturated carbocycles. The molecule has 27 heavy (non-hydrogen) atoms. The third kappa shape index (κ3) is 3.55. The summed E-state index contributed by atoms with van der Waals surface area (Å²) in [5, 5.41) is 28.1. The summed E-state index contributed by atoms with van der Waals surface area (Å²) in [4.78, 5) is 34.4. The monoisotopic (exact) mass is 362 g/mol. The Labute approximate surface area is 154 Å². The van der Waals surface area contributed by atoms with Crippen LogP contribution in [0.1, 0.15) is 31.1 Å². The lowest BCUT2D eigenvalue weighted by atomic mass is 9.89. The molecule has 3 aromatic carbocycles. The van der Waals surface area contributed by atoms with Crippen molar-refractivity contribution in [2.75, 3.05) is 0 Å². The van der Waals surface area contributed by atoms with E-state index in [2.05, 4.69) is 0 Å². The minimum absolute atomic E-state index is 0.0469. The first-order valence-corrected chi connectivity index (χ1v) is 7.92. The van der Waals surface area contributed by atoms with Crippen LogP contribution in [0.4, 0.5) is 0 Å². The second kappa shape index (κ2) is 7.13. The SMILES string of the molecule is O=C(O)c1cccc(-c2cc(C(=O)O)c(C(=O)O)cc2-c2ccccc2)c1. The van der Waals surface area contributed by atoms with Crippen LogP contribution in [-0.4, -0.2) is 33.2 Å². The van der Waals surface area contributed by atoms with E-state index < -0.39 is 17.9 Å². The zero-order valence-corrected chi connectivity index (χ0v) is 13.9. The van der Waals surface area contributed by atoms with E-state index >= 15 is 0 Å². The van der Waals surface area contributed by atoms with Gasteiger partial charge in [-0.3, -0.25) is 0 Å². The summed E-state index contributed by atoms with van der Waals surface area (Å²) < 4.78 is 0. The van der Waals surface area contributed by atoms with Crippen molar-refractivity contribution in [1.29, 1.82) is 0 Å². The van der Waals surface area contributed by atoms with Crippen molar-refractivity contribution in [2.45, 2.75) is 0 Å². The summed E-state index contributed by atoms with van der Waals surface area (Å²) in [6.07, 6.45) is 0. The second-order valence-electron chi connectivity index (χ2n) is 5.81. The van der Waals surface area contributed by atoms with Gasteiger partial charge in [0.2, 0.25) is 0 Å². The van der Waals surface area contributed by atoms with Gasteiger partial charge in [0.25, 0.3) is 0 Å². The van der Waals surface area contributed by atoms with Crippen LogP contribution < -0.4 is 0 Å². The summed E-state index contributed by atoms with van der Waals surface area (Å²) in [6, 6.07) is 17.5. The maximum absolute atomic E-state index is 11.6. The van der Waals surface area contributed by atoms with Gasteiger partial charge < -0.3 is 15.3 Å². The van der Waals surface area contributed by atoms with Gasteiger partial charge in [-0.25, -0.2) is 14.4 Å². The molecule has 0 atom stereocenters. The van der Waals surface area contributed by atoms with Crippen LogP contribution in [0.2, 0.25) is 0 Å². The number of hydrogen-bond acceptors (Lipinski definition) is 3. The Morgan fingerprint density at radius 1 is 0.556 bits per heavy atom. The zero-order chi connectivity index (χ0) is 19.6. The summed E-state index contributed by atoms with van der Waals surface area (Å²) in [7, 11) is 0. The van der Waals surface area contributed by atoms with Crippen LogP contribution in [0.5, 0.6) is 0 Å². The van der Waals surface area contributed by atoms with E-state index in [1.165, 1.54) is 24.3 Å². The van der Waals surface area contributed by atoms with Crippen LogP contribution in [0.25, 0.3) is 22.3 Å². The zero-order valence-electron chi connectivity index (χ0n) is 13.9. The number of carboxylic acids is 3. The average Bonchev–Trinajstić information content (AvgIpc) is 2.67. The molecule has 0 saturated heterocycles. The van der Waals surface area contributed by atoms with E-state index in [1.54, 1.807) is 42.5 Å². The van der Waals surface area contributed by atoms with Crippen LogP contribution in [-0.2, 0) is 0 Å². The highest BCUT2D eigenvalue weighted by Crippen LogP contribution is 2.35. The molecule has 3 aromatic rings. The fourth-order valence-corrected chi connectivity index (χ4v) is 2.87. The molecule has 6 heteroatoms. The summed E-state index contributed by atoms with van der Waals surface area (Å²) in [6.45, 7) is 0. The largest absolute Gasteiger partial charge is 0.478 e. The molecule has 6 nitrogen and oxygen atoms in total. The van der Waals surface area contributed by atoms with Gasteiger partial charge in [-0.2, -0.15) is 0 Å². The predicted octanol–water partition coefficient (Wildman–Crippen LogP) is 4.12. The minimum atomic E-state index is -1.37. The first kappa shape index (κ1) is 17.9. The molecular weight excluding hydrogens is 348 g/mol. The number of benzene rings is 3. The van der Waals surface area contributed by atoms with E-state index in [-0.39, 0.29) is 16.7 Å². The van der Waals surface area contributed by atoms with E-state index in [1.807, 2.05) is 0 Å². The normalized spacial score (nSPS) is 10.4. The highest BCUT2D eigenvalue weighted by molar-refractivity contribution is 6.05. The van der Waals surface area contributed by atoms with Crippen molar-refractivity contribution in [1.82, 2.24) is 0 Å². The molecule has 134 valence electrons. The lowest BCUT2D eigenvalue weighted by molar-refractivity contribution is 0.0651. The molecule has 0 aliphatic heterocycles. The number of carboxylic acid groups (broad SMARTS) is 3. The first-order valence-electron chi connectivity index (χ1n) is 7.92. The molecule has 0 aliphatic rings.